The van der Waals surface area contributed by atoms with Crippen LogP contribution in [-0.2, 0) is 13.0 Å². The van der Waals surface area contributed by atoms with E-state index < -0.39 is 11.6 Å². The lowest BCUT2D eigenvalue weighted by Crippen LogP contribution is -2.28. The molecule has 2 rings (SSSR count). The maximum absolute atomic E-state index is 13.6. The van der Waals surface area contributed by atoms with Gasteiger partial charge in [-0.05, 0) is 49.6 Å². The number of hydrogen-bond acceptors (Lipinski definition) is 1. The zero-order chi connectivity index (χ0) is 15.4. The Morgan fingerprint density at radius 2 is 1.81 bits per heavy atom. The van der Waals surface area contributed by atoms with Gasteiger partial charge < -0.3 is 5.32 Å². The zero-order valence-corrected chi connectivity index (χ0v) is 13.7. The molecule has 0 aliphatic heterocycles. The van der Waals surface area contributed by atoms with Gasteiger partial charge in [0.2, 0.25) is 0 Å². The third kappa shape index (κ3) is 4.35. The summed E-state index contributed by atoms with van der Waals surface area (Å²) < 4.78 is 28.3. The lowest BCUT2D eigenvalue weighted by atomic mass is 10.1. The molecule has 0 saturated heterocycles. The SMILES string of the molecule is Cc1cc(CNC(C)Cc2c(F)cccc2F)ccc1Br. The summed E-state index contributed by atoms with van der Waals surface area (Å²) in [7, 11) is 0. The molecule has 2 aromatic carbocycles. The minimum absolute atomic E-state index is 0.0136. The average molecular weight is 354 g/mol. The van der Waals surface area contributed by atoms with Gasteiger partial charge in [0.1, 0.15) is 11.6 Å². The van der Waals surface area contributed by atoms with Crippen LogP contribution in [0.15, 0.2) is 40.9 Å². The standard InChI is InChI=1S/C17H18BrF2N/c1-11-8-13(6-7-15(11)18)10-21-12(2)9-14-16(19)4-3-5-17(14)20/h3-8,12,21H,9-10H2,1-2H3. The van der Waals surface area contributed by atoms with E-state index in [-0.39, 0.29) is 11.6 Å². The summed E-state index contributed by atoms with van der Waals surface area (Å²) in [6.07, 6.45) is 0.327. The summed E-state index contributed by atoms with van der Waals surface area (Å²) in [5.41, 5.74) is 2.46. The minimum Gasteiger partial charge on any atom is -0.310 e. The molecule has 112 valence electrons. The van der Waals surface area contributed by atoms with E-state index in [1.165, 1.54) is 23.8 Å². The number of hydrogen-bond donors (Lipinski definition) is 1. The number of benzene rings is 2. The average Bonchev–Trinajstić information content (AvgIpc) is 2.44. The number of rotatable bonds is 5. The highest BCUT2D eigenvalue weighted by Crippen LogP contribution is 2.18. The van der Waals surface area contributed by atoms with E-state index in [0.717, 1.165) is 10.0 Å². The molecule has 0 heterocycles. The first-order chi connectivity index (χ1) is 9.97. The summed E-state index contributed by atoms with van der Waals surface area (Å²) in [4.78, 5) is 0. The predicted octanol–water partition coefficient (Wildman–Crippen LogP) is 4.76. The fourth-order valence-electron chi connectivity index (χ4n) is 2.21. The molecule has 0 amide bonds. The smallest absolute Gasteiger partial charge is 0.129 e. The van der Waals surface area contributed by atoms with Gasteiger partial charge in [0.05, 0.1) is 0 Å². The number of aryl methyl sites for hydroxylation is 1. The molecule has 0 saturated carbocycles. The van der Waals surface area contributed by atoms with Gasteiger partial charge in [0.15, 0.2) is 0 Å². The largest absolute Gasteiger partial charge is 0.310 e. The van der Waals surface area contributed by atoms with Crippen molar-refractivity contribution in [2.45, 2.75) is 32.9 Å². The lowest BCUT2D eigenvalue weighted by Gasteiger charge is -2.15. The Morgan fingerprint density at radius 3 is 2.43 bits per heavy atom. The van der Waals surface area contributed by atoms with E-state index in [4.69, 9.17) is 0 Å². The van der Waals surface area contributed by atoms with Crippen molar-refractivity contribution in [3.8, 4) is 0 Å². The van der Waals surface area contributed by atoms with Crippen molar-refractivity contribution in [2.75, 3.05) is 0 Å². The third-order valence-corrected chi connectivity index (χ3v) is 4.34. The van der Waals surface area contributed by atoms with E-state index in [2.05, 4.69) is 27.3 Å². The summed E-state index contributed by atoms with van der Waals surface area (Å²) >= 11 is 3.47. The Morgan fingerprint density at radius 1 is 1.14 bits per heavy atom. The Balaban J connectivity index is 1.96. The van der Waals surface area contributed by atoms with Crippen LogP contribution >= 0.6 is 15.9 Å². The fourth-order valence-corrected chi connectivity index (χ4v) is 2.46. The van der Waals surface area contributed by atoms with E-state index in [9.17, 15) is 8.78 Å². The Bertz CT molecular complexity index is 608. The highest BCUT2D eigenvalue weighted by molar-refractivity contribution is 9.10. The summed E-state index contributed by atoms with van der Waals surface area (Å²) in [6.45, 7) is 4.63. The normalized spacial score (nSPS) is 12.4. The topological polar surface area (TPSA) is 12.0 Å². The van der Waals surface area contributed by atoms with E-state index in [1.807, 2.05) is 26.0 Å². The quantitative estimate of drug-likeness (QED) is 0.817. The first kappa shape index (κ1) is 16.1. The summed E-state index contributed by atoms with van der Waals surface area (Å²) in [6, 6.07) is 10.1. The van der Waals surface area contributed by atoms with Gasteiger partial charge in [-0.3, -0.25) is 0 Å². The molecule has 0 aliphatic carbocycles. The molecule has 0 spiro atoms. The molecular formula is C17H18BrF2N. The van der Waals surface area contributed by atoms with Crippen LogP contribution in [0.1, 0.15) is 23.6 Å². The first-order valence-corrected chi connectivity index (χ1v) is 7.68. The Labute approximate surface area is 132 Å². The van der Waals surface area contributed by atoms with Gasteiger partial charge in [-0.1, -0.05) is 34.1 Å². The van der Waals surface area contributed by atoms with Crippen molar-refractivity contribution in [1.29, 1.82) is 0 Å². The molecule has 0 fully saturated rings. The third-order valence-electron chi connectivity index (χ3n) is 3.45. The van der Waals surface area contributed by atoms with Crippen molar-refractivity contribution in [3.05, 3.63) is 69.2 Å². The molecule has 2 aromatic rings. The fraction of sp³-hybridized carbons (Fsp3) is 0.294. The van der Waals surface area contributed by atoms with Gasteiger partial charge in [-0.25, -0.2) is 8.78 Å². The monoisotopic (exact) mass is 353 g/mol. The lowest BCUT2D eigenvalue weighted by molar-refractivity contribution is 0.499. The zero-order valence-electron chi connectivity index (χ0n) is 12.1. The van der Waals surface area contributed by atoms with Gasteiger partial charge in [-0.2, -0.15) is 0 Å². The van der Waals surface area contributed by atoms with Crippen LogP contribution in [0.25, 0.3) is 0 Å². The maximum Gasteiger partial charge on any atom is 0.129 e. The molecule has 0 aromatic heterocycles. The molecule has 4 heteroatoms. The second-order valence-electron chi connectivity index (χ2n) is 5.27. The highest BCUT2D eigenvalue weighted by atomic mass is 79.9. The molecule has 1 nitrogen and oxygen atoms in total. The van der Waals surface area contributed by atoms with Gasteiger partial charge >= 0.3 is 0 Å². The van der Waals surface area contributed by atoms with Crippen LogP contribution in [0.4, 0.5) is 8.78 Å². The molecule has 0 bridgehead atoms. The van der Waals surface area contributed by atoms with Crippen LogP contribution in [-0.4, -0.2) is 6.04 Å². The summed E-state index contributed by atoms with van der Waals surface area (Å²) in [5, 5.41) is 3.30. The number of halogens is 3. The van der Waals surface area contributed by atoms with Crippen molar-refractivity contribution in [3.63, 3.8) is 0 Å². The maximum atomic E-state index is 13.6. The molecule has 1 N–H and O–H groups in total. The van der Waals surface area contributed by atoms with Gasteiger partial charge in [-0.15, -0.1) is 0 Å². The Kier molecular flexibility index (Phi) is 5.48. The Hall–Kier alpha value is -1.26. The minimum atomic E-state index is -0.483. The second-order valence-corrected chi connectivity index (χ2v) is 6.12. The number of nitrogens with one attached hydrogen (secondary N) is 1. The van der Waals surface area contributed by atoms with E-state index >= 15 is 0 Å². The van der Waals surface area contributed by atoms with Crippen LogP contribution in [0.2, 0.25) is 0 Å². The van der Waals surface area contributed by atoms with Gasteiger partial charge in [0, 0.05) is 22.6 Å². The van der Waals surface area contributed by atoms with Crippen molar-refractivity contribution in [1.82, 2.24) is 5.32 Å². The van der Waals surface area contributed by atoms with Crippen molar-refractivity contribution < 1.29 is 8.78 Å². The van der Waals surface area contributed by atoms with Crippen LogP contribution in [0.5, 0.6) is 0 Å². The molecule has 0 radical (unpaired) electrons. The van der Waals surface area contributed by atoms with Gasteiger partial charge in [0.25, 0.3) is 0 Å². The van der Waals surface area contributed by atoms with E-state index in [1.54, 1.807) is 0 Å². The van der Waals surface area contributed by atoms with Crippen molar-refractivity contribution in [2.24, 2.45) is 0 Å². The predicted molar refractivity (Wildman–Crippen MR) is 85.2 cm³/mol. The van der Waals surface area contributed by atoms with E-state index in [0.29, 0.717) is 13.0 Å². The molecule has 21 heavy (non-hydrogen) atoms. The molecule has 0 aliphatic rings. The van der Waals surface area contributed by atoms with Crippen molar-refractivity contribution >= 4 is 15.9 Å². The summed E-state index contributed by atoms with van der Waals surface area (Å²) in [5.74, 6) is -0.966. The second kappa shape index (κ2) is 7.14. The van der Waals surface area contributed by atoms with Crippen LogP contribution in [0.3, 0.4) is 0 Å². The molecular weight excluding hydrogens is 336 g/mol. The first-order valence-electron chi connectivity index (χ1n) is 6.88. The molecule has 1 atom stereocenters. The van der Waals surface area contributed by atoms with Crippen LogP contribution < -0.4 is 5.32 Å². The highest BCUT2D eigenvalue weighted by Gasteiger charge is 2.12. The van der Waals surface area contributed by atoms with Crippen LogP contribution in [0, 0.1) is 18.6 Å². The molecule has 1 unspecified atom stereocenters.